The summed E-state index contributed by atoms with van der Waals surface area (Å²) in [6, 6.07) is 1.09. The highest BCUT2D eigenvalue weighted by atomic mass is 16.2. The zero-order chi connectivity index (χ0) is 15.4. The maximum atomic E-state index is 12.6. The molecule has 0 spiro atoms. The predicted octanol–water partition coefficient (Wildman–Crippen LogP) is 1.03. The molecule has 2 unspecified atom stereocenters. The average Bonchev–Trinajstić information content (AvgIpc) is 2.95. The van der Waals surface area contributed by atoms with Crippen molar-refractivity contribution < 1.29 is 9.59 Å². The van der Waals surface area contributed by atoms with Gasteiger partial charge in [0.2, 0.25) is 11.8 Å². The van der Waals surface area contributed by atoms with Crippen molar-refractivity contribution in [2.75, 3.05) is 6.54 Å². The lowest BCUT2D eigenvalue weighted by Crippen LogP contribution is -2.65. The van der Waals surface area contributed by atoms with Crippen LogP contribution < -0.4 is 5.32 Å². The standard InChI is InChI=1S/C15H24N4O2/c1-4-6-12-14(20)17-13(11(2)3)15(21)19(12)10-9-18-8-5-7-16-18/h5,7-8,11-13H,4,6,9-10H2,1-3H3,(H,17,20). The summed E-state index contributed by atoms with van der Waals surface area (Å²) in [5, 5.41) is 7.02. The topological polar surface area (TPSA) is 67.2 Å². The van der Waals surface area contributed by atoms with Crippen LogP contribution in [0.15, 0.2) is 18.5 Å². The molecule has 2 amide bonds. The number of carbonyl (C=O) groups excluding carboxylic acids is 2. The van der Waals surface area contributed by atoms with Crippen molar-refractivity contribution in [3.05, 3.63) is 18.5 Å². The zero-order valence-electron chi connectivity index (χ0n) is 13.0. The Bertz CT molecular complexity index is 484. The van der Waals surface area contributed by atoms with Crippen LogP contribution in [0.1, 0.15) is 33.6 Å². The zero-order valence-corrected chi connectivity index (χ0v) is 13.0. The van der Waals surface area contributed by atoms with E-state index >= 15 is 0 Å². The number of hydrogen-bond donors (Lipinski definition) is 1. The first-order valence-corrected chi connectivity index (χ1v) is 7.62. The molecule has 6 nitrogen and oxygen atoms in total. The molecule has 0 saturated carbocycles. The molecule has 21 heavy (non-hydrogen) atoms. The first-order chi connectivity index (χ1) is 10.0. The lowest BCUT2D eigenvalue weighted by Gasteiger charge is -2.40. The van der Waals surface area contributed by atoms with Crippen LogP contribution in [-0.2, 0) is 16.1 Å². The van der Waals surface area contributed by atoms with Crippen LogP contribution in [-0.4, -0.2) is 45.1 Å². The van der Waals surface area contributed by atoms with E-state index in [0.717, 1.165) is 6.42 Å². The molecule has 2 atom stereocenters. The fraction of sp³-hybridized carbons (Fsp3) is 0.667. The quantitative estimate of drug-likeness (QED) is 0.851. The minimum absolute atomic E-state index is 0.0233. The van der Waals surface area contributed by atoms with E-state index in [1.807, 2.05) is 33.0 Å². The molecule has 2 heterocycles. The first kappa shape index (κ1) is 15.5. The average molecular weight is 292 g/mol. The maximum absolute atomic E-state index is 12.6. The predicted molar refractivity (Wildman–Crippen MR) is 79.4 cm³/mol. The van der Waals surface area contributed by atoms with Crippen molar-refractivity contribution in [2.24, 2.45) is 5.92 Å². The summed E-state index contributed by atoms with van der Waals surface area (Å²) in [6.45, 7) is 7.06. The van der Waals surface area contributed by atoms with Crippen molar-refractivity contribution in [3.63, 3.8) is 0 Å². The molecular formula is C15H24N4O2. The molecule has 0 bridgehead atoms. The fourth-order valence-electron chi connectivity index (χ4n) is 2.71. The molecule has 6 heteroatoms. The molecule has 1 aliphatic heterocycles. The number of nitrogens with zero attached hydrogens (tertiary/aromatic N) is 3. The van der Waals surface area contributed by atoms with Crippen molar-refractivity contribution in [1.82, 2.24) is 20.0 Å². The summed E-state index contributed by atoms with van der Waals surface area (Å²) in [6.07, 6.45) is 5.14. The Hall–Kier alpha value is -1.85. The highest BCUT2D eigenvalue weighted by Crippen LogP contribution is 2.18. The van der Waals surface area contributed by atoms with Gasteiger partial charge < -0.3 is 10.2 Å². The van der Waals surface area contributed by atoms with E-state index < -0.39 is 6.04 Å². The number of hydrogen-bond acceptors (Lipinski definition) is 3. The van der Waals surface area contributed by atoms with Gasteiger partial charge in [-0.05, 0) is 18.4 Å². The van der Waals surface area contributed by atoms with Gasteiger partial charge in [-0.15, -0.1) is 0 Å². The first-order valence-electron chi connectivity index (χ1n) is 7.62. The Morgan fingerprint density at radius 2 is 2.10 bits per heavy atom. The molecule has 116 valence electrons. The second kappa shape index (κ2) is 6.74. The van der Waals surface area contributed by atoms with Crippen molar-refractivity contribution in [1.29, 1.82) is 0 Å². The molecule has 1 N–H and O–H groups in total. The Morgan fingerprint density at radius 3 is 2.67 bits per heavy atom. The van der Waals surface area contributed by atoms with Crippen molar-refractivity contribution >= 4 is 11.8 Å². The van der Waals surface area contributed by atoms with Crippen LogP contribution in [0.5, 0.6) is 0 Å². The Labute approximate surface area is 125 Å². The summed E-state index contributed by atoms with van der Waals surface area (Å²) < 4.78 is 1.78. The van der Waals surface area contributed by atoms with Gasteiger partial charge in [-0.1, -0.05) is 27.2 Å². The maximum Gasteiger partial charge on any atom is 0.246 e. The molecule has 1 fully saturated rings. The lowest BCUT2D eigenvalue weighted by atomic mass is 9.96. The summed E-state index contributed by atoms with van der Waals surface area (Å²) in [4.78, 5) is 26.7. The molecule has 1 aromatic heterocycles. The van der Waals surface area contributed by atoms with Gasteiger partial charge in [0.05, 0.1) is 6.54 Å². The van der Waals surface area contributed by atoms with E-state index in [2.05, 4.69) is 10.4 Å². The largest absolute Gasteiger partial charge is 0.342 e. The number of piperazine rings is 1. The second-order valence-corrected chi connectivity index (χ2v) is 5.84. The third-order valence-corrected chi connectivity index (χ3v) is 3.88. The SMILES string of the molecule is CCCC1C(=O)NC(C(C)C)C(=O)N1CCn1cccn1. The smallest absolute Gasteiger partial charge is 0.246 e. The molecule has 0 aromatic carbocycles. The van der Waals surface area contributed by atoms with Crippen LogP contribution in [0.4, 0.5) is 0 Å². The van der Waals surface area contributed by atoms with Gasteiger partial charge in [0.15, 0.2) is 0 Å². The molecule has 1 aromatic rings. The number of amides is 2. The van der Waals surface area contributed by atoms with E-state index in [1.54, 1.807) is 15.8 Å². The molecule has 0 radical (unpaired) electrons. The van der Waals surface area contributed by atoms with E-state index in [1.165, 1.54) is 0 Å². The van der Waals surface area contributed by atoms with E-state index in [-0.39, 0.29) is 23.8 Å². The number of aromatic nitrogens is 2. The minimum Gasteiger partial charge on any atom is -0.342 e. The highest BCUT2D eigenvalue weighted by molar-refractivity contribution is 5.97. The van der Waals surface area contributed by atoms with Gasteiger partial charge in [0.1, 0.15) is 12.1 Å². The highest BCUT2D eigenvalue weighted by Gasteiger charge is 2.40. The van der Waals surface area contributed by atoms with Crippen molar-refractivity contribution in [2.45, 2.75) is 52.2 Å². The second-order valence-electron chi connectivity index (χ2n) is 5.84. The van der Waals surface area contributed by atoms with E-state index in [0.29, 0.717) is 19.5 Å². The van der Waals surface area contributed by atoms with Gasteiger partial charge in [-0.2, -0.15) is 5.10 Å². The minimum atomic E-state index is -0.414. The monoisotopic (exact) mass is 292 g/mol. The molecule has 0 aliphatic carbocycles. The van der Waals surface area contributed by atoms with Gasteiger partial charge in [-0.25, -0.2) is 0 Å². The van der Waals surface area contributed by atoms with Crippen LogP contribution in [0.3, 0.4) is 0 Å². The van der Waals surface area contributed by atoms with Gasteiger partial charge in [0.25, 0.3) is 0 Å². The van der Waals surface area contributed by atoms with Crippen molar-refractivity contribution in [3.8, 4) is 0 Å². The van der Waals surface area contributed by atoms with Crippen LogP contribution in [0, 0.1) is 5.92 Å². The van der Waals surface area contributed by atoms with E-state index in [9.17, 15) is 9.59 Å². The van der Waals surface area contributed by atoms with Gasteiger partial charge >= 0.3 is 0 Å². The molecule has 1 saturated heterocycles. The Balaban J connectivity index is 2.13. The van der Waals surface area contributed by atoms with E-state index in [4.69, 9.17) is 0 Å². The molecule has 2 rings (SSSR count). The van der Waals surface area contributed by atoms with Crippen LogP contribution in [0.25, 0.3) is 0 Å². The van der Waals surface area contributed by atoms with Gasteiger partial charge in [-0.3, -0.25) is 14.3 Å². The molecule has 1 aliphatic rings. The van der Waals surface area contributed by atoms with Gasteiger partial charge in [0, 0.05) is 18.9 Å². The number of rotatable bonds is 6. The van der Waals surface area contributed by atoms with Crippen LogP contribution in [0.2, 0.25) is 0 Å². The summed E-state index contributed by atoms with van der Waals surface area (Å²) >= 11 is 0. The third-order valence-electron chi connectivity index (χ3n) is 3.88. The Kier molecular flexibility index (Phi) is 4.98. The number of carbonyl (C=O) groups is 2. The molecular weight excluding hydrogens is 268 g/mol. The summed E-state index contributed by atoms with van der Waals surface area (Å²) in [7, 11) is 0. The fourth-order valence-corrected chi connectivity index (χ4v) is 2.71. The summed E-state index contributed by atoms with van der Waals surface area (Å²) in [5.74, 6) is 0.0852. The normalized spacial score (nSPS) is 22.8. The van der Waals surface area contributed by atoms with Crippen LogP contribution >= 0.6 is 0 Å². The summed E-state index contributed by atoms with van der Waals surface area (Å²) in [5.41, 5.74) is 0. The third kappa shape index (κ3) is 3.43. The number of nitrogens with one attached hydrogen (secondary N) is 1. The Morgan fingerprint density at radius 1 is 1.33 bits per heavy atom. The lowest BCUT2D eigenvalue weighted by molar-refractivity contribution is -0.151.